The number of nitrogens with zero attached hydrogens (tertiary/aromatic N) is 3. The molecule has 0 aliphatic carbocycles. The highest BCUT2D eigenvalue weighted by Gasteiger charge is 2.28. The van der Waals surface area contributed by atoms with Gasteiger partial charge in [0.25, 0.3) is 0 Å². The fourth-order valence-corrected chi connectivity index (χ4v) is 9.38. The number of ether oxygens (including phenoxy) is 6. The fraction of sp³-hybridized carbons (Fsp3) is 0.650. The van der Waals surface area contributed by atoms with Crippen LogP contribution in [0.1, 0.15) is 227 Å². The molecule has 0 saturated carbocycles. The van der Waals surface area contributed by atoms with Gasteiger partial charge in [0.2, 0.25) is 0 Å². The van der Waals surface area contributed by atoms with Crippen LogP contribution in [0, 0.1) is 86.7 Å². The summed E-state index contributed by atoms with van der Waals surface area (Å²) in [7, 11) is 0. The second-order valence-corrected chi connectivity index (χ2v) is 20.2. The quantitative estimate of drug-likeness (QED) is 0.0542. The molecule has 3 aliphatic heterocycles. The third kappa shape index (κ3) is 22.5. The highest BCUT2D eigenvalue weighted by Crippen LogP contribution is 2.33. The predicted molar refractivity (Wildman–Crippen MR) is 275 cm³/mol. The van der Waals surface area contributed by atoms with Crippen LogP contribution in [-0.2, 0) is 28.4 Å². The van der Waals surface area contributed by atoms with Gasteiger partial charge in [0, 0.05) is 34.4 Å². The molecule has 3 aliphatic rings. The van der Waals surface area contributed by atoms with Crippen molar-refractivity contribution in [2.75, 3.05) is 39.6 Å². The molecular weight excluding hydrogens is 973 g/mol. The average Bonchev–Trinajstić information content (AvgIpc) is 3.41. The number of hydrogen-bond acceptors (Lipinski definition) is 9. The van der Waals surface area contributed by atoms with Crippen LogP contribution < -0.4 is 0 Å². The molecule has 15 heteroatoms. The van der Waals surface area contributed by atoms with E-state index in [0.717, 1.165) is 74.9 Å². The predicted octanol–water partition coefficient (Wildman–Crippen LogP) is 16.9. The minimum Gasteiger partial charge on any atom is -0.348 e. The molecule has 0 radical (unpaired) electrons. The minimum absolute atomic E-state index is 0.280. The Balaban J connectivity index is 0.000000244. The summed E-state index contributed by atoms with van der Waals surface area (Å²) in [5, 5.41) is 26.1. The van der Waals surface area contributed by atoms with Gasteiger partial charge < -0.3 is 28.4 Å². The molecule has 0 N–H and O–H groups in total. The lowest BCUT2D eigenvalue weighted by molar-refractivity contribution is -0.206. The maximum Gasteiger partial charge on any atom is 0.184 e. The summed E-state index contributed by atoms with van der Waals surface area (Å²) in [6.45, 7) is 9.84. The molecular formula is C60H81F6N3O6. The van der Waals surface area contributed by atoms with Crippen molar-refractivity contribution in [3.05, 3.63) is 105 Å². The minimum atomic E-state index is -0.881. The number of rotatable bonds is 27. The first-order valence-corrected chi connectivity index (χ1v) is 27.8. The van der Waals surface area contributed by atoms with E-state index >= 15 is 0 Å². The van der Waals surface area contributed by atoms with Gasteiger partial charge in [-0.05, 0) is 55.7 Å². The van der Waals surface area contributed by atoms with E-state index in [1.165, 1.54) is 134 Å². The van der Waals surface area contributed by atoms with E-state index in [1.807, 2.05) is 0 Å². The summed E-state index contributed by atoms with van der Waals surface area (Å²) in [6, 6.07) is 11.2. The van der Waals surface area contributed by atoms with Gasteiger partial charge in [0.15, 0.2) is 18.9 Å². The maximum atomic E-state index is 13.7. The van der Waals surface area contributed by atoms with E-state index in [-0.39, 0.29) is 16.7 Å². The van der Waals surface area contributed by atoms with Gasteiger partial charge in [-0.3, -0.25) is 0 Å². The normalized spacial score (nSPS) is 20.4. The number of halogens is 6. The van der Waals surface area contributed by atoms with Gasteiger partial charge in [-0.25, -0.2) is 26.3 Å². The van der Waals surface area contributed by atoms with Crippen molar-refractivity contribution in [3.63, 3.8) is 0 Å². The number of nitriles is 3. The molecule has 3 fully saturated rings. The Morgan fingerprint density at radius 2 is 0.520 bits per heavy atom. The van der Waals surface area contributed by atoms with Gasteiger partial charge in [-0.15, -0.1) is 0 Å². The largest absolute Gasteiger partial charge is 0.348 e. The van der Waals surface area contributed by atoms with E-state index in [9.17, 15) is 26.3 Å². The summed E-state index contributed by atoms with van der Waals surface area (Å²) in [5.41, 5.74) is -0.876. The highest BCUT2D eigenvalue weighted by atomic mass is 19.2. The zero-order valence-corrected chi connectivity index (χ0v) is 44.7. The maximum absolute atomic E-state index is 13.7. The van der Waals surface area contributed by atoms with Crippen LogP contribution in [0.5, 0.6) is 0 Å². The standard InChI is InChI=1S/C21H29F2NO2.C20H27F2NO2.C19H25F2NO2/c1-2-3-4-5-6-7-8-9-10-16-14-25-21(26-15-16)17-11-19(22)18(13-24)20(23)12-17;1-2-3-4-5-6-7-8-9-15-13-24-20(25-14-15)16-10-18(21)17(12-23)19(22)11-16;1-2-3-4-5-6-7-8-14-12-23-19(24-13-14)15-9-17(20)16(11-22)18(21)10-15/h11-12,16,21H,2-10,14-15H2,1H3;10-11,15,20H,2-9,13-14H2,1H3;9-10,14,19H,2-8,12-13H2,1H3. The van der Waals surface area contributed by atoms with Crippen molar-refractivity contribution in [3.8, 4) is 18.2 Å². The Hall–Kier alpha value is -4.53. The van der Waals surface area contributed by atoms with E-state index < -0.39 is 70.5 Å². The molecule has 0 atom stereocenters. The third-order valence-electron chi connectivity index (χ3n) is 13.9. The number of unbranched alkanes of at least 4 members (excludes halogenated alkanes) is 18. The lowest BCUT2D eigenvalue weighted by Gasteiger charge is -2.29. The summed E-state index contributed by atoms with van der Waals surface area (Å²) in [6.07, 6.45) is 27.6. The van der Waals surface area contributed by atoms with E-state index in [0.29, 0.717) is 57.4 Å². The molecule has 0 bridgehead atoms. The molecule has 414 valence electrons. The van der Waals surface area contributed by atoms with Crippen molar-refractivity contribution < 1.29 is 54.8 Å². The van der Waals surface area contributed by atoms with Gasteiger partial charge in [-0.2, -0.15) is 15.8 Å². The van der Waals surface area contributed by atoms with Gasteiger partial charge in [-0.1, -0.05) is 156 Å². The zero-order chi connectivity index (χ0) is 54.2. The van der Waals surface area contributed by atoms with Crippen LogP contribution in [-0.4, -0.2) is 39.6 Å². The highest BCUT2D eigenvalue weighted by molar-refractivity contribution is 5.37. The fourth-order valence-electron chi connectivity index (χ4n) is 9.38. The molecule has 0 spiro atoms. The van der Waals surface area contributed by atoms with E-state index in [4.69, 9.17) is 44.2 Å². The number of benzene rings is 3. The summed E-state index contributed by atoms with van der Waals surface area (Å²) < 4.78 is 116. The second kappa shape index (κ2) is 36.5. The van der Waals surface area contributed by atoms with Gasteiger partial charge in [0.05, 0.1) is 39.6 Å². The van der Waals surface area contributed by atoms with Crippen molar-refractivity contribution in [1.82, 2.24) is 0 Å². The van der Waals surface area contributed by atoms with E-state index in [1.54, 1.807) is 0 Å². The van der Waals surface area contributed by atoms with Crippen LogP contribution in [0.15, 0.2) is 36.4 Å². The molecule has 6 rings (SSSR count). The molecule has 9 nitrogen and oxygen atoms in total. The first-order chi connectivity index (χ1) is 36.5. The van der Waals surface area contributed by atoms with Crippen LogP contribution in [0.25, 0.3) is 0 Å². The summed E-state index contributed by atoms with van der Waals surface area (Å²) >= 11 is 0. The first-order valence-electron chi connectivity index (χ1n) is 27.8. The molecule has 0 aromatic heterocycles. The smallest absolute Gasteiger partial charge is 0.184 e. The molecule has 0 unspecified atom stereocenters. The van der Waals surface area contributed by atoms with Gasteiger partial charge in [0.1, 0.15) is 69.8 Å². The van der Waals surface area contributed by atoms with Crippen LogP contribution in [0.2, 0.25) is 0 Å². The molecule has 3 aromatic rings. The Labute approximate surface area is 443 Å². The van der Waals surface area contributed by atoms with Crippen LogP contribution >= 0.6 is 0 Å². The lowest BCUT2D eigenvalue weighted by Crippen LogP contribution is -2.27. The van der Waals surface area contributed by atoms with E-state index in [2.05, 4.69) is 20.8 Å². The van der Waals surface area contributed by atoms with Crippen molar-refractivity contribution in [1.29, 1.82) is 15.8 Å². The van der Waals surface area contributed by atoms with Crippen LogP contribution in [0.3, 0.4) is 0 Å². The zero-order valence-electron chi connectivity index (χ0n) is 44.7. The SMILES string of the molecule is CCCCCCCCC1COC(c2cc(F)c(C#N)c(F)c2)OC1.CCCCCCCCCC1COC(c2cc(F)c(C#N)c(F)c2)OC1.CCCCCCCCCCC1COC(c2cc(F)c(C#N)c(F)c2)OC1. The third-order valence-corrected chi connectivity index (χ3v) is 13.9. The molecule has 3 saturated heterocycles. The molecule has 75 heavy (non-hydrogen) atoms. The Kier molecular flexibility index (Phi) is 30.7. The molecule has 3 heterocycles. The first kappa shape index (κ1) is 63.0. The topological polar surface area (TPSA) is 127 Å². The number of hydrogen-bond donors (Lipinski definition) is 0. The summed E-state index contributed by atoms with van der Waals surface area (Å²) in [5.74, 6) is -4.28. The van der Waals surface area contributed by atoms with Crippen molar-refractivity contribution in [2.45, 2.75) is 194 Å². The Bertz CT molecular complexity index is 2160. The second-order valence-electron chi connectivity index (χ2n) is 20.2. The van der Waals surface area contributed by atoms with Crippen LogP contribution in [0.4, 0.5) is 26.3 Å². The molecule has 0 amide bonds. The summed E-state index contributed by atoms with van der Waals surface area (Å²) in [4.78, 5) is 0. The van der Waals surface area contributed by atoms with Gasteiger partial charge >= 0.3 is 0 Å². The monoisotopic (exact) mass is 1050 g/mol. The lowest BCUT2D eigenvalue weighted by atomic mass is 10.0. The van der Waals surface area contributed by atoms with Crippen molar-refractivity contribution >= 4 is 0 Å². The van der Waals surface area contributed by atoms with Crippen molar-refractivity contribution in [2.24, 2.45) is 17.8 Å². The Morgan fingerprint density at radius 1 is 0.333 bits per heavy atom. The average molecular weight is 1050 g/mol. The Morgan fingerprint density at radius 3 is 0.707 bits per heavy atom. The molecule has 3 aromatic carbocycles.